The summed E-state index contributed by atoms with van der Waals surface area (Å²) in [5, 5.41) is 5.00. The van der Waals surface area contributed by atoms with Crippen LogP contribution in [0.4, 0.5) is 9.52 Å². The van der Waals surface area contributed by atoms with Crippen molar-refractivity contribution in [2.75, 3.05) is 18.0 Å². The van der Waals surface area contributed by atoms with Crippen LogP contribution < -0.4 is 4.90 Å². The second-order valence-corrected chi connectivity index (χ2v) is 11.4. The van der Waals surface area contributed by atoms with Gasteiger partial charge in [-0.05, 0) is 61.4 Å². The van der Waals surface area contributed by atoms with E-state index in [0.717, 1.165) is 0 Å². The number of sulfonamides is 1. The Morgan fingerprint density at radius 1 is 1.23 bits per heavy atom. The Morgan fingerprint density at radius 3 is 2.77 bits per heavy atom. The van der Waals surface area contributed by atoms with Gasteiger partial charge in [-0.25, -0.2) is 17.8 Å². The average molecular weight is 534 g/mol. The fourth-order valence-electron chi connectivity index (χ4n) is 4.13. The van der Waals surface area contributed by atoms with Gasteiger partial charge in [-0.15, -0.1) is 0 Å². The summed E-state index contributed by atoms with van der Waals surface area (Å²) >= 11 is 7.12. The molecule has 1 fully saturated rings. The van der Waals surface area contributed by atoms with E-state index >= 15 is 0 Å². The first-order chi connectivity index (χ1) is 16.8. The van der Waals surface area contributed by atoms with Gasteiger partial charge in [0.2, 0.25) is 15.9 Å². The molecule has 0 saturated carbocycles. The molecule has 0 radical (unpaired) electrons. The summed E-state index contributed by atoms with van der Waals surface area (Å²) in [7, 11) is -3.91. The van der Waals surface area contributed by atoms with Crippen molar-refractivity contribution in [2.45, 2.75) is 30.3 Å². The van der Waals surface area contributed by atoms with Crippen LogP contribution in [0.25, 0.3) is 10.2 Å². The first kappa shape index (κ1) is 23.9. The van der Waals surface area contributed by atoms with Crippen molar-refractivity contribution in [3.8, 4) is 0 Å². The highest BCUT2D eigenvalue weighted by Gasteiger charge is 2.42. The van der Waals surface area contributed by atoms with Crippen molar-refractivity contribution in [1.82, 2.24) is 19.1 Å². The second-order valence-electron chi connectivity index (χ2n) is 8.10. The Labute approximate surface area is 210 Å². The second kappa shape index (κ2) is 9.65. The molecule has 4 aromatic rings. The monoisotopic (exact) mass is 533 g/mol. The topological polar surface area (TPSA) is 88.4 Å². The highest BCUT2D eigenvalue weighted by Crippen LogP contribution is 2.33. The molecule has 2 aromatic carbocycles. The lowest BCUT2D eigenvalue weighted by Crippen LogP contribution is -2.48. The van der Waals surface area contributed by atoms with Gasteiger partial charge in [0.05, 0.1) is 21.7 Å². The smallest absolute Gasteiger partial charge is 0.247 e. The number of hydrogen-bond acceptors (Lipinski definition) is 6. The van der Waals surface area contributed by atoms with Crippen molar-refractivity contribution in [1.29, 1.82) is 0 Å². The molecule has 0 bridgehead atoms. The molecular formula is C23H21ClFN5O3S2. The Hall–Kier alpha value is -2.86. The molecule has 12 heteroatoms. The zero-order chi connectivity index (χ0) is 24.6. The van der Waals surface area contributed by atoms with Gasteiger partial charge < -0.3 is 0 Å². The lowest BCUT2D eigenvalue weighted by molar-refractivity contribution is -0.121. The van der Waals surface area contributed by atoms with Crippen LogP contribution >= 0.6 is 22.9 Å². The fraction of sp³-hybridized carbons (Fsp3) is 0.261. The predicted molar refractivity (Wildman–Crippen MR) is 133 cm³/mol. The van der Waals surface area contributed by atoms with Crippen LogP contribution in [-0.4, -0.2) is 52.5 Å². The van der Waals surface area contributed by atoms with Crippen molar-refractivity contribution in [2.24, 2.45) is 0 Å². The predicted octanol–water partition coefficient (Wildman–Crippen LogP) is 4.17. The molecule has 1 amide bonds. The van der Waals surface area contributed by atoms with Crippen molar-refractivity contribution >= 4 is 54.2 Å². The molecule has 35 heavy (non-hydrogen) atoms. The summed E-state index contributed by atoms with van der Waals surface area (Å²) < 4.78 is 44.1. The summed E-state index contributed by atoms with van der Waals surface area (Å²) in [5.74, 6) is -0.759. The normalized spacial score (nSPS) is 16.7. The standard InChI is InChI=1S/C23H21ClFN5O3S2/c24-16-4-7-18(8-5-16)35(32,33)30-12-1-3-20(30)22(31)29(14-13-28-11-2-10-26-28)23-27-19-9-6-17(25)15-21(19)34-23/h2,4-11,15,20H,1,3,12-14H2. The van der Waals surface area contributed by atoms with Crippen LogP contribution in [0.15, 0.2) is 65.8 Å². The Kier molecular flexibility index (Phi) is 6.58. The van der Waals surface area contributed by atoms with Crippen molar-refractivity contribution in [3.05, 3.63) is 71.8 Å². The molecule has 1 atom stereocenters. The number of aromatic nitrogens is 3. The van der Waals surface area contributed by atoms with Crippen LogP contribution in [-0.2, 0) is 21.4 Å². The molecule has 1 saturated heterocycles. The van der Waals surface area contributed by atoms with E-state index in [-0.39, 0.29) is 23.9 Å². The van der Waals surface area contributed by atoms with Gasteiger partial charge in [0.25, 0.3) is 0 Å². The van der Waals surface area contributed by atoms with Crippen LogP contribution in [0.2, 0.25) is 5.02 Å². The van der Waals surface area contributed by atoms with Crippen molar-refractivity contribution < 1.29 is 17.6 Å². The van der Waals surface area contributed by atoms with Crippen LogP contribution in [0, 0.1) is 5.82 Å². The van der Waals surface area contributed by atoms with E-state index in [0.29, 0.717) is 39.8 Å². The number of carbonyl (C=O) groups is 1. The molecule has 5 rings (SSSR count). The Morgan fingerprint density at radius 2 is 2.03 bits per heavy atom. The number of thiazole rings is 1. The molecule has 0 N–H and O–H groups in total. The van der Waals surface area contributed by atoms with Gasteiger partial charge in [0.15, 0.2) is 5.13 Å². The lowest BCUT2D eigenvalue weighted by Gasteiger charge is -2.28. The van der Waals surface area contributed by atoms with Gasteiger partial charge >= 0.3 is 0 Å². The van der Waals surface area contributed by atoms with Gasteiger partial charge in [-0.2, -0.15) is 9.40 Å². The number of amides is 1. The molecular weight excluding hydrogens is 513 g/mol. The van der Waals surface area contributed by atoms with E-state index in [1.807, 2.05) is 0 Å². The first-order valence-electron chi connectivity index (χ1n) is 11.0. The van der Waals surface area contributed by atoms with E-state index in [2.05, 4.69) is 10.1 Å². The average Bonchev–Trinajstić information content (AvgIpc) is 3.60. The molecule has 182 valence electrons. The zero-order valence-corrected chi connectivity index (χ0v) is 20.8. The Balaban J connectivity index is 1.48. The fourth-order valence-corrected chi connectivity index (χ4v) is 6.93. The van der Waals surface area contributed by atoms with E-state index in [4.69, 9.17) is 11.6 Å². The van der Waals surface area contributed by atoms with Gasteiger partial charge in [-0.3, -0.25) is 14.4 Å². The summed E-state index contributed by atoms with van der Waals surface area (Å²) in [4.78, 5) is 20.0. The van der Waals surface area contributed by atoms with E-state index in [1.54, 1.807) is 29.2 Å². The number of hydrogen-bond donors (Lipinski definition) is 0. The number of anilines is 1. The summed E-state index contributed by atoms with van der Waals surface area (Å²) in [6.07, 6.45) is 4.37. The molecule has 8 nitrogen and oxygen atoms in total. The first-order valence-corrected chi connectivity index (χ1v) is 13.6. The molecule has 1 aliphatic heterocycles. The number of rotatable bonds is 7. The molecule has 3 heterocycles. The minimum Gasteiger partial charge on any atom is -0.285 e. The molecule has 0 aliphatic carbocycles. The third kappa shape index (κ3) is 4.81. The number of carbonyl (C=O) groups excluding carboxylic acids is 1. The minimum atomic E-state index is -3.91. The molecule has 0 spiro atoms. The summed E-state index contributed by atoms with van der Waals surface area (Å²) in [6, 6.07) is 11.1. The molecule has 1 aliphatic rings. The lowest BCUT2D eigenvalue weighted by atomic mass is 10.2. The highest BCUT2D eigenvalue weighted by atomic mass is 35.5. The van der Waals surface area contributed by atoms with Crippen molar-refractivity contribution in [3.63, 3.8) is 0 Å². The number of halogens is 2. The van der Waals surface area contributed by atoms with Gasteiger partial charge in [0.1, 0.15) is 11.9 Å². The SMILES string of the molecule is O=C(C1CCCN1S(=O)(=O)c1ccc(Cl)cc1)N(CCn1cccn1)c1nc2ccc(F)cc2s1. The summed E-state index contributed by atoms with van der Waals surface area (Å²) in [6.45, 7) is 0.854. The van der Waals surface area contributed by atoms with Gasteiger partial charge in [-0.1, -0.05) is 22.9 Å². The maximum Gasteiger partial charge on any atom is 0.247 e. The molecule has 2 aromatic heterocycles. The zero-order valence-electron chi connectivity index (χ0n) is 18.4. The third-order valence-electron chi connectivity index (χ3n) is 5.86. The highest BCUT2D eigenvalue weighted by molar-refractivity contribution is 7.89. The molecule has 1 unspecified atom stereocenters. The quantitative estimate of drug-likeness (QED) is 0.356. The van der Waals surface area contributed by atoms with E-state index in [1.165, 1.54) is 56.9 Å². The Bertz CT molecular complexity index is 1460. The number of benzene rings is 2. The van der Waals surface area contributed by atoms with Gasteiger partial charge in [0, 0.05) is 30.5 Å². The van der Waals surface area contributed by atoms with E-state index in [9.17, 15) is 17.6 Å². The summed E-state index contributed by atoms with van der Waals surface area (Å²) in [5.41, 5.74) is 0.570. The minimum absolute atomic E-state index is 0.0835. The largest absolute Gasteiger partial charge is 0.285 e. The van der Waals surface area contributed by atoms with Crippen LogP contribution in [0.3, 0.4) is 0 Å². The van der Waals surface area contributed by atoms with Crippen LogP contribution in [0.1, 0.15) is 12.8 Å². The maximum atomic E-state index is 13.9. The van der Waals surface area contributed by atoms with Crippen LogP contribution in [0.5, 0.6) is 0 Å². The maximum absolute atomic E-state index is 13.9. The number of nitrogens with zero attached hydrogens (tertiary/aromatic N) is 5. The number of fused-ring (bicyclic) bond motifs is 1. The third-order valence-corrected chi connectivity index (χ3v) is 9.07. The van der Waals surface area contributed by atoms with E-state index < -0.39 is 21.9 Å².